The van der Waals surface area contributed by atoms with Crippen molar-refractivity contribution in [2.24, 2.45) is 5.92 Å². The van der Waals surface area contributed by atoms with Crippen LogP contribution in [0.3, 0.4) is 0 Å². The first-order chi connectivity index (χ1) is 13.4. The van der Waals surface area contributed by atoms with E-state index in [2.05, 4.69) is 23.4 Å². The van der Waals surface area contributed by atoms with Crippen LogP contribution in [-0.2, 0) is 16.6 Å². The summed E-state index contributed by atoms with van der Waals surface area (Å²) in [5.74, 6) is 1.45. The molecule has 1 saturated heterocycles. The molecule has 0 saturated carbocycles. The number of halogens is 1. The van der Waals surface area contributed by atoms with Crippen LogP contribution in [0.4, 0.5) is 0 Å². The first kappa shape index (κ1) is 19.4. The Morgan fingerprint density at radius 1 is 1.29 bits per heavy atom. The fourth-order valence-corrected chi connectivity index (χ4v) is 5.59. The van der Waals surface area contributed by atoms with Gasteiger partial charge in [-0.15, -0.1) is 0 Å². The van der Waals surface area contributed by atoms with Gasteiger partial charge >= 0.3 is 0 Å². The lowest BCUT2D eigenvalue weighted by Gasteiger charge is -2.18. The van der Waals surface area contributed by atoms with Gasteiger partial charge in [-0.05, 0) is 36.6 Å². The lowest BCUT2D eigenvalue weighted by molar-refractivity contribution is 0.463. The van der Waals surface area contributed by atoms with Gasteiger partial charge in [-0.1, -0.05) is 31.5 Å². The summed E-state index contributed by atoms with van der Waals surface area (Å²) < 4.78 is 29.8. The zero-order valence-electron chi connectivity index (χ0n) is 15.9. The minimum Gasteiger partial charge on any atom is -0.326 e. The first-order valence-electron chi connectivity index (χ1n) is 9.42. The number of nitrogens with zero attached hydrogens (tertiary/aromatic N) is 4. The normalized spacial score (nSPS) is 18.4. The van der Waals surface area contributed by atoms with Gasteiger partial charge in [0.05, 0.1) is 22.1 Å². The highest BCUT2D eigenvalue weighted by Gasteiger charge is 2.35. The minimum absolute atomic E-state index is 0.0557. The van der Waals surface area contributed by atoms with Gasteiger partial charge in [-0.2, -0.15) is 4.31 Å². The number of hydrogen-bond donors (Lipinski definition) is 0. The van der Waals surface area contributed by atoms with Crippen LogP contribution in [0.15, 0.2) is 47.6 Å². The first-order valence-corrected chi connectivity index (χ1v) is 11.2. The molecule has 0 bridgehead atoms. The SMILES string of the molecule is CC(C)Cn1c(C2CCN(S(=O)(=O)c3cccc(Cl)c3)C2)nc2ccncc21. The molecule has 1 aromatic carbocycles. The lowest BCUT2D eigenvalue weighted by Crippen LogP contribution is -2.29. The molecule has 2 aromatic heterocycles. The van der Waals surface area contributed by atoms with Gasteiger partial charge in [0.15, 0.2) is 0 Å². The largest absolute Gasteiger partial charge is 0.326 e. The van der Waals surface area contributed by atoms with E-state index in [-0.39, 0.29) is 10.8 Å². The summed E-state index contributed by atoms with van der Waals surface area (Å²) in [5, 5.41) is 0.419. The number of pyridine rings is 1. The van der Waals surface area contributed by atoms with Gasteiger partial charge < -0.3 is 4.57 Å². The summed E-state index contributed by atoms with van der Waals surface area (Å²) in [6.07, 6.45) is 4.32. The second kappa shape index (κ2) is 7.46. The van der Waals surface area contributed by atoms with Crippen LogP contribution in [0, 0.1) is 5.92 Å². The van der Waals surface area contributed by atoms with E-state index in [1.807, 2.05) is 12.3 Å². The predicted octanol–water partition coefficient (Wildman–Crippen LogP) is 3.92. The molecule has 0 N–H and O–H groups in total. The van der Waals surface area contributed by atoms with Crippen LogP contribution in [0.5, 0.6) is 0 Å². The minimum atomic E-state index is -3.57. The smallest absolute Gasteiger partial charge is 0.243 e. The number of hydrogen-bond acceptors (Lipinski definition) is 4. The Morgan fingerprint density at radius 3 is 2.86 bits per heavy atom. The molecule has 0 spiro atoms. The predicted molar refractivity (Wildman–Crippen MR) is 110 cm³/mol. The quantitative estimate of drug-likeness (QED) is 0.629. The molecule has 6 nitrogen and oxygen atoms in total. The molecule has 1 atom stereocenters. The highest BCUT2D eigenvalue weighted by atomic mass is 35.5. The number of imidazole rings is 1. The third kappa shape index (κ3) is 3.54. The third-order valence-corrected chi connectivity index (χ3v) is 7.17. The number of sulfonamides is 1. The van der Waals surface area contributed by atoms with E-state index in [9.17, 15) is 8.42 Å². The maximum absolute atomic E-state index is 13.0. The fraction of sp³-hybridized carbons (Fsp3) is 0.400. The Hall–Kier alpha value is -1.96. The summed E-state index contributed by atoms with van der Waals surface area (Å²) in [4.78, 5) is 9.31. The van der Waals surface area contributed by atoms with Crippen molar-refractivity contribution in [1.82, 2.24) is 18.8 Å². The Bertz CT molecular complexity index is 1110. The topological polar surface area (TPSA) is 68.1 Å². The summed E-state index contributed by atoms with van der Waals surface area (Å²) in [6, 6.07) is 8.34. The monoisotopic (exact) mass is 418 g/mol. The highest BCUT2D eigenvalue weighted by molar-refractivity contribution is 7.89. The summed E-state index contributed by atoms with van der Waals surface area (Å²) in [6.45, 7) is 6.05. The highest BCUT2D eigenvalue weighted by Crippen LogP contribution is 2.33. The maximum atomic E-state index is 13.0. The Kier molecular flexibility index (Phi) is 5.16. The number of fused-ring (bicyclic) bond motifs is 1. The van der Waals surface area contributed by atoms with E-state index in [1.165, 1.54) is 6.07 Å². The Morgan fingerprint density at radius 2 is 2.11 bits per heavy atom. The van der Waals surface area contributed by atoms with Gasteiger partial charge in [-0.3, -0.25) is 4.98 Å². The van der Waals surface area contributed by atoms with Crippen LogP contribution in [-0.4, -0.2) is 40.3 Å². The van der Waals surface area contributed by atoms with E-state index in [1.54, 1.807) is 28.7 Å². The van der Waals surface area contributed by atoms with E-state index < -0.39 is 10.0 Å². The van der Waals surface area contributed by atoms with Crippen LogP contribution >= 0.6 is 11.6 Å². The number of rotatable bonds is 5. The molecule has 28 heavy (non-hydrogen) atoms. The zero-order chi connectivity index (χ0) is 19.9. The molecule has 1 aliphatic heterocycles. The molecule has 0 radical (unpaired) electrons. The van der Waals surface area contributed by atoms with Crippen molar-refractivity contribution in [3.05, 3.63) is 53.6 Å². The third-order valence-electron chi connectivity index (χ3n) is 5.08. The summed E-state index contributed by atoms with van der Waals surface area (Å²) >= 11 is 5.99. The van der Waals surface area contributed by atoms with Gasteiger partial charge in [0.25, 0.3) is 0 Å². The Balaban J connectivity index is 1.66. The molecule has 1 fully saturated rings. The van der Waals surface area contributed by atoms with E-state index >= 15 is 0 Å². The van der Waals surface area contributed by atoms with Gasteiger partial charge in [0.1, 0.15) is 5.82 Å². The zero-order valence-corrected chi connectivity index (χ0v) is 17.5. The maximum Gasteiger partial charge on any atom is 0.243 e. The molecule has 3 aromatic rings. The van der Waals surface area contributed by atoms with Crippen LogP contribution < -0.4 is 0 Å². The van der Waals surface area contributed by atoms with Gasteiger partial charge in [0, 0.05) is 36.8 Å². The van der Waals surface area contributed by atoms with Crippen molar-refractivity contribution in [3.63, 3.8) is 0 Å². The van der Waals surface area contributed by atoms with Crippen molar-refractivity contribution < 1.29 is 8.42 Å². The fourth-order valence-electron chi connectivity index (χ4n) is 3.79. The van der Waals surface area contributed by atoms with E-state index in [0.717, 1.165) is 29.8 Å². The summed E-state index contributed by atoms with van der Waals surface area (Å²) in [7, 11) is -3.57. The molecule has 3 heterocycles. The molecule has 0 aliphatic carbocycles. The molecule has 4 rings (SSSR count). The second-order valence-corrected chi connectivity index (χ2v) is 10.0. The molecule has 0 amide bonds. The Labute approximate surface area is 170 Å². The van der Waals surface area contributed by atoms with Crippen LogP contribution in [0.1, 0.15) is 32.0 Å². The molecule has 1 aliphatic rings. The van der Waals surface area contributed by atoms with Crippen molar-refractivity contribution in [1.29, 1.82) is 0 Å². The molecule has 148 valence electrons. The van der Waals surface area contributed by atoms with Crippen molar-refractivity contribution >= 4 is 32.7 Å². The molecular formula is C20H23ClN4O2S. The van der Waals surface area contributed by atoms with E-state index in [0.29, 0.717) is 24.0 Å². The summed E-state index contributed by atoms with van der Waals surface area (Å²) in [5.41, 5.74) is 1.91. The molecule has 1 unspecified atom stereocenters. The van der Waals surface area contributed by atoms with Gasteiger partial charge in [0.2, 0.25) is 10.0 Å². The standard InChI is InChI=1S/C20H23ClN4O2S/c1-14(2)12-25-19-11-22-8-6-18(19)23-20(25)15-7-9-24(13-15)28(26,27)17-5-3-4-16(21)10-17/h3-6,8,10-11,14-15H,7,9,12-13H2,1-2H3. The molecular weight excluding hydrogens is 396 g/mol. The second-order valence-electron chi connectivity index (χ2n) is 7.64. The van der Waals surface area contributed by atoms with Gasteiger partial charge in [-0.25, -0.2) is 13.4 Å². The van der Waals surface area contributed by atoms with Crippen molar-refractivity contribution in [2.45, 2.75) is 37.6 Å². The van der Waals surface area contributed by atoms with E-state index in [4.69, 9.17) is 16.6 Å². The molecule has 8 heteroatoms. The average molecular weight is 419 g/mol. The van der Waals surface area contributed by atoms with Crippen molar-refractivity contribution in [3.8, 4) is 0 Å². The van der Waals surface area contributed by atoms with Crippen LogP contribution in [0.2, 0.25) is 5.02 Å². The lowest BCUT2D eigenvalue weighted by atomic mass is 10.1. The van der Waals surface area contributed by atoms with Crippen LogP contribution in [0.25, 0.3) is 11.0 Å². The van der Waals surface area contributed by atoms with Crippen molar-refractivity contribution in [2.75, 3.05) is 13.1 Å². The average Bonchev–Trinajstić information content (AvgIpc) is 3.27. The number of aromatic nitrogens is 3. The number of benzene rings is 1.